The van der Waals surface area contributed by atoms with Crippen LogP contribution in [0.15, 0.2) is 9.90 Å². The molecule has 5 heterocycles. The second kappa shape index (κ2) is 5.45. The van der Waals surface area contributed by atoms with Crippen LogP contribution in [0, 0.1) is 0 Å². The van der Waals surface area contributed by atoms with Gasteiger partial charge in [-0.05, 0) is 6.54 Å². The zero-order valence-electron chi connectivity index (χ0n) is 11.7. The highest BCUT2D eigenvalue weighted by Crippen LogP contribution is 2.29. The molecule has 2 aromatic rings. The zero-order chi connectivity index (χ0) is 14.2. The fourth-order valence-electron chi connectivity index (χ4n) is 2.98. The summed E-state index contributed by atoms with van der Waals surface area (Å²) in [7, 11) is 0. The van der Waals surface area contributed by atoms with Gasteiger partial charge in [-0.1, -0.05) is 5.16 Å². The molecule has 1 atom stereocenters. The summed E-state index contributed by atoms with van der Waals surface area (Å²) >= 11 is 1.59. The minimum absolute atomic E-state index is 0.257. The predicted octanol–water partition coefficient (Wildman–Crippen LogP) is 0.367. The molecule has 2 bridgehead atoms. The molecule has 21 heavy (non-hydrogen) atoms. The Bertz CT molecular complexity index is 618. The van der Waals surface area contributed by atoms with Crippen LogP contribution in [0.4, 0.5) is 0 Å². The number of aromatic nitrogens is 3. The molecule has 5 rings (SSSR count). The molecule has 0 aliphatic carbocycles. The van der Waals surface area contributed by atoms with Gasteiger partial charge >= 0.3 is 0 Å². The fourth-order valence-corrected chi connectivity index (χ4v) is 3.77. The summed E-state index contributed by atoms with van der Waals surface area (Å²) < 4.78 is 5.41. The summed E-state index contributed by atoms with van der Waals surface area (Å²) in [6.45, 7) is 6.08. The maximum Gasteiger partial charge on any atom is 0.277 e. The fraction of sp³-hybridized carbons (Fsp3) is 0.615. The summed E-state index contributed by atoms with van der Waals surface area (Å²) in [5, 5.41) is 7.15. The van der Waals surface area contributed by atoms with Gasteiger partial charge in [-0.15, -0.1) is 11.3 Å². The van der Waals surface area contributed by atoms with Gasteiger partial charge in [-0.25, -0.2) is 4.98 Å². The Balaban J connectivity index is 1.55. The topological polar surface area (TPSA) is 84.3 Å². The van der Waals surface area contributed by atoms with Gasteiger partial charge in [0.25, 0.3) is 5.89 Å². The number of nitrogens with two attached hydrogens (primary N) is 1. The molecule has 112 valence electrons. The molecule has 2 N–H and O–H groups in total. The van der Waals surface area contributed by atoms with Gasteiger partial charge in [0.05, 0.1) is 11.0 Å². The minimum atomic E-state index is 0.257. The number of hydrogen-bond donors (Lipinski definition) is 1. The number of rotatable bonds is 4. The Morgan fingerprint density at radius 2 is 2.14 bits per heavy atom. The van der Waals surface area contributed by atoms with E-state index in [2.05, 4.69) is 24.9 Å². The van der Waals surface area contributed by atoms with Crippen molar-refractivity contribution in [2.75, 3.05) is 39.3 Å². The highest BCUT2D eigenvalue weighted by Gasteiger charge is 2.35. The van der Waals surface area contributed by atoms with Gasteiger partial charge in [0.2, 0.25) is 0 Å². The third-order valence-corrected chi connectivity index (χ3v) is 5.06. The van der Waals surface area contributed by atoms with Crippen molar-refractivity contribution >= 4 is 11.3 Å². The molecule has 0 spiro atoms. The van der Waals surface area contributed by atoms with Gasteiger partial charge in [-0.2, -0.15) is 4.98 Å². The summed E-state index contributed by atoms with van der Waals surface area (Å²) in [4.78, 5) is 14.0. The highest BCUT2D eigenvalue weighted by atomic mass is 32.1. The van der Waals surface area contributed by atoms with Crippen LogP contribution in [0.2, 0.25) is 0 Å². The van der Waals surface area contributed by atoms with Gasteiger partial charge in [0.1, 0.15) is 5.69 Å². The molecule has 7 nitrogen and oxygen atoms in total. The maximum atomic E-state index is 5.55. The van der Waals surface area contributed by atoms with Crippen LogP contribution < -0.4 is 5.73 Å². The van der Waals surface area contributed by atoms with Crippen LogP contribution in [0.5, 0.6) is 0 Å². The van der Waals surface area contributed by atoms with E-state index in [1.54, 1.807) is 11.3 Å². The molecule has 3 fully saturated rings. The lowest BCUT2D eigenvalue weighted by molar-refractivity contribution is 0.00781. The number of fused-ring (bicyclic) bond motifs is 3. The number of thiazole rings is 1. The molecule has 0 amide bonds. The molecule has 3 aliphatic heterocycles. The van der Waals surface area contributed by atoms with Crippen molar-refractivity contribution in [1.82, 2.24) is 24.9 Å². The molecule has 0 radical (unpaired) electrons. The van der Waals surface area contributed by atoms with Crippen molar-refractivity contribution in [2.24, 2.45) is 5.73 Å². The van der Waals surface area contributed by atoms with Crippen molar-refractivity contribution in [2.45, 2.75) is 12.5 Å². The van der Waals surface area contributed by atoms with Crippen LogP contribution in [0.3, 0.4) is 0 Å². The van der Waals surface area contributed by atoms with Crippen molar-refractivity contribution < 1.29 is 4.52 Å². The van der Waals surface area contributed by atoms with E-state index in [1.165, 1.54) is 0 Å². The monoisotopic (exact) mass is 306 g/mol. The largest absolute Gasteiger partial charge is 0.332 e. The van der Waals surface area contributed by atoms with Crippen molar-refractivity contribution in [3.63, 3.8) is 0 Å². The normalized spacial score (nSPS) is 28.1. The Morgan fingerprint density at radius 1 is 1.29 bits per heavy atom. The molecule has 1 unspecified atom stereocenters. The summed E-state index contributed by atoms with van der Waals surface area (Å²) in [5.41, 5.74) is 6.31. The second-order valence-corrected chi connectivity index (χ2v) is 6.42. The van der Waals surface area contributed by atoms with Crippen LogP contribution in [-0.4, -0.2) is 64.2 Å². The summed E-state index contributed by atoms with van der Waals surface area (Å²) in [6, 6.07) is 0.257. The molecule has 0 aromatic carbocycles. The number of nitrogens with zero attached hydrogens (tertiary/aromatic N) is 5. The Labute approximate surface area is 126 Å². The standard InChI is InChI=1S/C13H18N6OS/c14-2-1-11-15-9(8-21-11)13-16-12(17-20-13)10-7-18-3-5-19(10)6-4-18/h8,10H,1-7,14H2. The van der Waals surface area contributed by atoms with Crippen LogP contribution >= 0.6 is 11.3 Å². The number of hydrogen-bond acceptors (Lipinski definition) is 8. The first kappa shape index (κ1) is 13.3. The Kier molecular flexibility index (Phi) is 3.46. The van der Waals surface area contributed by atoms with E-state index in [0.717, 1.165) is 55.7 Å². The molecular weight excluding hydrogens is 288 g/mol. The van der Waals surface area contributed by atoms with Crippen molar-refractivity contribution in [3.05, 3.63) is 16.2 Å². The van der Waals surface area contributed by atoms with Crippen LogP contribution in [-0.2, 0) is 6.42 Å². The van der Waals surface area contributed by atoms with Gasteiger partial charge in [0.15, 0.2) is 5.82 Å². The first-order valence-corrected chi connectivity index (χ1v) is 8.16. The lowest BCUT2D eigenvalue weighted by Crippen LogP contribution is -2.57. The Morgan fingerprint density at radius 3 is 2.86 bits per heavy atom. The summed E-state index contributed by atoms with van der Waals surface area (Å²) in [6.07, 6.45) is 0.789. The van der Waals surface area contributed by atoms with E-state index < -0.39 is 0 Å². The van der Waals surface area contributed by atoms with E-state index in [1.807, 2.05) is 5.38 Å². The van der Waals surface area contributed by atoms with Crippen molar-refractivity contribution in [1.29, 1.82) is 0 Å². The molecular formula is C13H18N6OS. The third-order valence-electron chi connectivity index (χ3n) is 4.15. The van der Waals surface area contributed by atoms with E-state index in [0.29, 0.717) is 12.4 Å². The molecule has 2 aromatic heterocycles. The first-order valence-electron chi connectivity index (χ1n) is 7.28. The van der Waals surface area contributed by atoms with Crippen LogP contribution in [0.1, 0.15) is 16.9 Å². The first-order chi connectivity index (χ1) is 10.3. The number of piperazine rings is 3. The SMILES string of the molecule is NCCc1nc(-c2nc(C3CN4CCN3CC4)no2)cs1. The minimum Gasteiger partial charge on any atom is -0.332 e. The summed E-state index contributed by atoms with van der Waals surface area (Å²) in [5.74, 6) is 1.30. The smallest absolute Gasteiger partial charge is 0.277 e. The van der Waals surface area contributed by atoms with Gasteiger partial charge in [-0.3, -0.25) is 9.80 Å². The third kappa shape index (κ3) is 2.48. The van der Waals surface area contributed by atoms with Gasteiger partial charge < -0.3 is 10.3 Å². The van der Waals surface area contributed by atoms with Crippen LogP contribution in [0.25, 0.3) is 11.6 Å². The van der Waals surface area contributed by atoms with E-state index >= 15 is 0 Å². The second-order valence-electron chi connectivity index (χ2n) is 5.48. The highest BCUT2D eigenvalue weighted by molar-refractivity contribution is 7.09. The molecule has 8 heteroatoms. The maximum absolute atomic E-state index is 5.55. The quantitative estimate of drug-likeness (QED) is 0.873. The van der Waals surface area contributed by atoms with E-state index in [9.17, 15) is 0 Å². The van der Waals surface area contributed by atoms with Crippen molar-refractivity contribution in [3.8, 4) is 11.6 Å². The molecule has 3 saturated heterocycles. The molecule has 3 aliphatic rings. The Hall–Kier alpha value is -1.35. The lowest BCUT2D eigenvalue weighted by Gasteiger charge is -2.46. The lowest BCUT2D eigenvalue weighted by atomic mass is 10.1. The van der Waals surface area contributed by atoms with E-state index in [4.69, 9.17) is 10.3 Å². The average molecular weight is 306 g/mol. The van der Waals surface area contributed by atoms with Gasteiger partial charge in [0, 0.05) is 44.5 Å². The predicted molar refractivity (Wildman–Crippen MR) is 78.9 cm³/mol. The molecule has 0 saturated carbocycles. The van der Waals surface area contributed by atoms with E-state index in [-0.39, 0.29) is 6.04 Å². The zero-order valence-corrected chi connectivity index (χ0v) is 12.6. The average Bonchev–Trinajstić information content (AvgIpc) is 3.17.